The summed E-state index contributed by atoms with van der Waals surface area (Å²) in [6.07, 6.45) is 1.04. The van der Waals surface area contributed by atoms with Crippen LogP contribution in [0.4, 0.5) is 16.3 Å². The number of hydrogen-bond acceptors (Lipinski definition) is 3. The molecule has 3 N–H and O–H groups in total. The number of amides is 2. The zero-order valence-corrected chi connectivity index (χ0v) is 13.3. The molecule has 110 valence electrons. The molecule has 0 spiro atoms. The summed E-state index contributed by atoms with van der Waals surface area (Å²) >= 11 is 3.32. The van der Waals surface area contributed by atoms with Gasteiger partial charge in [0.15, 0.2) is 0 Å². The van der Waals surface area contributed by atoms with Crippen molar-refractivity contribution in [2.45, 2.75) is 20.0 Å². The molecule has 1 aromatic carbocycles. The first-order valence-corrected chi connectivity index (χ1v) is 7.23. The smallest absolute Gasteiger partial charge is 0.324 e. The Labute approximate surface area is 131 Å². The van der Waals surface area contributed by atoms with Crippen LogP contribution in [0.3, 0.4) is 0 Å². The summed E-state index contributed by atoms with van der Waals surface area (Å²) in [6, 6.07) is 8.56. The average Bonchev–Trinajstić information content (AvgIpc) is 2.42. The van der Waals surface area contributed by atoms with Crippen molar-refractivity contribution in [3.63, 3.8) is 0 Å². The normalized spacial score (nSPS) is 11.8. The van der Waals surface area contributed by atoms with Crippen molar-refractivity contribution in [2.24, 2.45) is 0 Å². The van der Waals surface area contributed by atoms with Gasteiger partial charge in [0, 0.05) is 16.4 Å². The van der Waals surface area contributed by atoms with Crippen LogP contribution in [0.1, 0.15) is 24.2 Å². The zero-order valence-electron chi connectivity index (χ0n) is 11.7. The number of aliphatic hydroxyl groups excluding tert-OH is 1. The molecule has 2 aromatic rings. The third-order valence-electron chi connectivity index (χ3n) is 2.90. The van der Waals surface area contributed by atoms with Gasteiger partial charge < -0.3 is 10.4 Å². The van der Waals surface area contributed by atoms with Crippen molar-refractivity contribution in [3.8, 4) is 0 Å². The molecule has 21 heavy (non-hydrogen) atoms. The first kappa shape index (κ1) is 15.5. The highest BCUT2D eigenvalue weighted by molar-refractivity contribution is 9.10. The minimum Gasteiger partial charge on any atom is -0.389 e. The summed E-state index contributed by atoms with van der Waals surface area (Å²) in [6.45, 7) is 3.54. The highest BCUT2D eigenvalue weighted by Gasteiger charge is 2.08. The SMILES string of the molecule is Cc1cc(Br)cnc1NC(=O)Nc1cccc(C(C)O)c1. The predicted molar refractivity (Wildman–Crippen MR) is 86.4 cm³/mol. The van der Waals surface area contributed by atoms with Gasteiger partial charge in [0.1, 0.15) is 5.82 Å². The van der Waals surface area contributed by atoms with Gasteiger partial charge in [-0.25, -0.2) is 9.78 Å². The van der Waals surface area contributed by atoms with Crippen molar-refractivity contribution < 1.29 is 9.90 Å². The predicted octanol–water partition coefficient (Wildman–Crippen LogP) is 3.85. The summed E-state index contributed by atoms with van der Waals surface area (Å²) in [4.78, 5) is 16.1. The van der Waals surface area contributed by atoms with Gasteiger partial charge in [-0.05, 0) is 59.1 Å². The number of nitrogens with zero attached hydrogens (tertiary/aromatic N) is 1. The maximum absolute atomic E-state index is 12.0. The minimum absolute atomic E-state index is 0.379. The standard InChI is InChI=1S/C15H16BrN3O2/c1-9-6-12(16)8-17-14(9)19-15(21)18-13-5-3-4-11(7-13)10(2)20/h3-8,10,20H,1-2H3,(H2,17,18,19,21). The molecule has 2 rings (SSSR count). The molecule has 0 aliphatic rings. The zero-order chi connectivity index (χ0) is 15.4. The second-order valence-electron chi connectivity index (χ2n) is 4.70. The summed E-state index contributed by atoms with van der Waals surface area (Å²) in [5.74, 6) is 0.502. The second-order valence-corrected chi connectivity index (χ2v) is 5.62. The van der Waals surface area contributed by atoms with E-state index in [4.69, 9.17) is 0 Å². The number of benzene rings is 1. The van der Waals surface area contributed by atoms with Gasteiger partial charge in [0.05, 0.1) is 6.10 Å². The number of nitrogens with one attached hydrogen (secondary N) is 2. The van der Waals surface area contributed by atoms with Crippen LogP contribution >= 0.6 is 15.9 Å². The number of carbonyl (C=O) groups excluding carboxylic acids is 1. The van der Waals surface area contributed by atoms with Crippen LogP contribution in [0.15, 0.2) is 41.0 Å². The van der Waals surface area contributed by atoms with Gasteiger partial charge >= 0.3 is 6.03 Å². The monoisotopic (exact) mass is 349 g/mol. The van der Waals surface area contributed by atoms with E-state index in [-0.39, 0.29) is 6.03 Å². The number of aromatic nitrogens is 1. The number of urea groups is 1. The fourth-order valence-corrected chi connectivity index (χ4v) is 2.26. The lowest BCUT2D eigenvalue weighted by atomic mass is 10.1. The van der Waals surface area contributed by atoms with Crippen LogP contribution in [-0.4, -0.2) is 16.1 Å². The van der Waals surface area contributed by atoms with Gasteiger partial charge in [0.25, 0.3) is 0 Å². The van der Waals surface area contributed by atoms with Crippen LogP contribution in [0.2, 0.25) is 0 Å². The molecule has 2 amide bonds. The van der Waals surface area contributed by atoms with E-state index >= 15 is 0 Å². The maximum Gasteiger partial charge on any atom is 0.324 e. The van der Waals surface area contributed by atoms with Gasteiger partial charge in [-0.15, -0.1) is 0 Å². The van der Waals surface area contributed by atoms with Crippen molar-refractivity contribution in [3.05, 3.63) is 52.1 Å². The van der Waals surface area contributed by atoms with Gasteiger partial charge in [-0.1, -0.05) is 12.1 Å². The van der Waals surface area contributed by atoms with Crippen LogP contribution in [0.5, 0.6) is 0 Å². The van der Waals surface area contributed by atoms with Gasteiger partial charge in [-0.3, -0.25) is 5.32 Å². The molecule has 1 unspecified atom stereocenters. The Balaban J connectivity index is 2.06. The molecule has 0 bridgehead atoms. The quantitative estimate of drug-likeness (QED) is 0.787. The van der Waals surface area contributed by atoms with Crippen LogP contribution in [0, 0.1) is 6.92 Å². The third-order valence-corrected chi connectivity index (χ3v) is 3.34. The molecule has 1 atom stereocenters. The van der Waals surface area contributed by atoms with Gasteiger partial charge in [0.2, 0.25) is 0 Å². The first-order valence-electron chi connectivity index (χ1n) is 6.44. The highest BCUT2D eigenvalue weighted by Crippen LogP contribution is 2.19. The van der Waals surface area contributed by atoms with Crippen molar-refractivity contribution >= 4 is 33.5 Å². The summed E-state index contributed by atoms with van der Waals surface area (Å²) < 4.78 is 0.857. The average molecular weight is 350 g/mol. The summed E-state index contributed by atoms with van der Waals surface area (Å²) in [5.41, 5.74) is 2.21. The molecule has 1 heterocycles. The Hall–Kier alpha value is -1.92. The Morgan fingerprint density at radius 2 is 2.10 bits per heavy atom. The highest BCUT2D eigenvalue weighted by atomic mass is 79.9. The van der Waals surface area contributed by atoms with E-state index in [1.165, 1.54) is 0 Å². The van der Waals surface area contributed by atoms with Crippen LogP contribution in [-0.2, 0) is 0 Å². The first-order chi connectivity index (χ1) is 9.95. The molecule has 0 saturated carbocycles. The van der Waals surface area contributed by atoms with Crippen molar-refractivity contribution in [2.75, 3.05) is 10.6 Å². The molecule has 0 aliphatic carbocycles. The number of pyridine rings is 1. The van der Waals surface area contributed by atoms with Gasteiger partial charge in [-0.2, -0.15) is 0 Å². The topological polar surface area (TPSA) is 74.2 Å². The van der Waals surface area contributed by atoms with E-state index in [1.54, 1.807) is 37.4 Å². The van der Waals surface area contributed by atoms with E-state index in [0.717, 1.165) is 15.6 Å². The fourth-order valence-electron chi connectivity index (χ4n) is 1.82. The third kappa shape index (κ3) is 4.27. The van der Waals surface area contributed by atoms with Crippen molar-refractivity contribution in [1.82, 2.24) is 4.98 Å². The van der Waals surface area contributed by atoms with E-state index < -0.39 is 6.10 Å². The maximum atomic E-state index is 12.0. The Kier molecular flexibility index (Phi) is 4.93. The number of carbonyl (C=O) groups is 1. The number of aryl methyl sites for hydroxylation is 1. The lowest BCUT2D eigenvalue weighted by molar-refractivity contribution is 0.199. The Bertz CT molecular complexity index is 659. The molecule has 0 saturated heterocycles. The molecule has 0 aliphatic heterocycles. The molecule has 5 nitrogen and oxygen atoms in total. The van der Waals surface area contributed by atoms with E-state index in [9.17, 15) is 9.90 Å². The van der Waals surface area contributed by atoms with E-state index in [1.807, 2.05) is 13.0 Å². The molecular weight excluding hydrogens is 334 g/mol. The summed E-state index contributed by atoms with van der Waals surface area (Å²) in [5, 5.41) is 14.9. The lowest BCUT2D eigenvalue weighted by Crippen LogP contribution is -2.20. The van der Waals surface area contributed by atoms with Crippen LogP contribution in [0.25, 0.3) is 0 Å². The number of anilines is 2. The molecular formula is C15H16BrN3O2. The largest absolute Gasteiger partial charge is 0.389 e. The Morgan fingerprint density at radius 1 is 1.33 bits per heavy atom. The lowest BCUT2D eigenvalue weighted by Gasteiger charge is -2.11. The second kappa shape index (κ2) is 6.69. The minimum atomic E-state index is -0.579. The molecule has 0 fully saturated rings. The van der Waals surface area contributed by atoms with Crippen molar-refractivity contribution in [1.29, 1.82) is 0 Å². The van der Waals surface area contributed by atoms with Crippen LogP contribution < -0.4 is 10.6 Å². The fraction of sp³-hybridized carbons (Fsp3) is 0.200. The number of rotatable bonds is 3. The van der Waals surface area contributed by atoms with E-state index in [0.29, 0.717) is 11.5 Å². The van der Waals surface area contributed by atoms with E-state index in [2.05, 4.69) is 31.5 Å². The Morgan fingerprint density at radius 3 is 2.76 bits per heavy atom. The number of hydrogen-bond donors (Lipinski definition) is 3. The molecule has 0 radical (unpaired) electrons. The number of halogens is 1. The summed E-state index contributed by atoms with van der Waals surface area (Å²) in [7, 11) is 0. The number of aliphatic hydroxyl groups is 1. The molecule has 6 heteroatoms. The molecule has 1 aromatic heterocycles.